The van der Waals surface area contributed by atoms with Crippen LogP contribution in [0, 0.1) is 0 Å². The van der Waals surface area contributed by atoms with Gasteiger partial charge in [-0.3, -0.25) is 0 Å². The van der Waals surface area contributed by atoms with Crippen LogP contribution in [0.25, 0.3) is 0 Å². The Labute approximate surface area is 141 Å². The van der Waals surface area contributed by atoms with Crippen LogP contribution in [0.4, 0.5) is 0 Å². The topological polar surface area (TPSA) is 63.6 Å². The van der Waals surface area contributed by atoms with Gasteiger partial charge in [0.15, 0.2) is 0 Å². The van der Waals surface area contributed by atoms with Crippen molar-refractivity contribution in [2.24, 2.45) is 0 Å². The molecule has 0 radical (unpaired) electrons. The molecule has 0 fully saturated rings. The van der Waals surface area contributed by atoms with Gasteiger partial charge in [0.25, 0.3) is 0 Å². The first-order valence-electron chi connectivity index (χ1n) is 7.59. The molecule has 0 saturated heterocycles. The average Bonchev–Trinajstić information content (AvgIpc) is 3.03. The van der Waals surface area contributed by atoms with Gasteiger partial charge >= 0.3 is 0 Å². The highest BCUT2D eigenvalue weighted by molar-refractivity contribution is 7.09. The number of benzene rings is 1. The molecule has 2 rings (SSSR count). The molecule has 6 heteroatoms. The summed E-state index contributed by atoms with van der Waals surface area (Å²) in [5.74, 6) is 1.78. The quantitative estimate of drug-likeness (QED) is 0.775. The second-order valence-corrected chi connectivity index (χ2v) is 6.51. The molecule has 0 saturated carbocycles. The van der Waals surface area contributed by atoms with Crippen LogP contribution in [0.5, 0.6) is 11.5 Å². The minimum atomic E-state index is -0.637. The Morgan fingerprint density at radius 1 is 1.17 bits per heavy atom. The highest BCUT2D eigenvalue weighted by Gasteiger charge is 2.12. The summed E-state index contributed by atoms with van der Waals surface area (Å²) in [6.45, 7) is 5.35. The van der Waals surface area contributed by atoms with Crippen molar-refractivity contribution in [2.75, 3.05) is 20.8 Å². The zero-order valence-electron chi connectivity index (χ0n) is 14.0. The molecule has 0 amide bonds. The maximum absolute atomic E-state index is 10.3. The van der Waals surface area contributed by atoms with Crippen LogP contribution in [0.15, 0.2) is 23.6 Å². The fourth-order valence-corrected chi connectivity index (χ4v) is 2.98. The fourth-order valence-electron chi connectivity index (χ4n) is 2.15. The molecule has 126 valence electrons. The molecule has 1 aromatic heterocycles. The van der Waals surface area contributed by atoms with Crippen molar-refractivity contribution in [3.05, 3.63) is 39.8 Å². The lowest BCUT2D eigenvalue weighted by atomic mass is 10.1. The SMILES string of the molecule is COc1cc(OC)cc(C(O)CNCc2csc(C(C)C)n2)c1. The van der Waals surface area contributed by atoms with Crippen molar-refractivity contribution in [3.8, 4) is 11.5 Å². The minimum absolute atomic E-state index is 0.435. The maximum Gasteiger partial charge on any atom is 0.122 e. The zero-order valence-corrected chi connectivity index (χ0v) is 14.8. The molecule has 1 heterocycles. The standard InChI is InChI=1S/C17H24N2O3S/c1-11(2)17-19-13(10-23-17)8-18-9-16(20)12-5-14(21-3)7-15(6-12)22-4/h5-7,10-11,16,18,20H,8-9H2,1-4H3. The van der Waals surface area contributed by atoms with Crippen molar-refractivity contribution in [2.45, 2.75) is 32.4 Å². The van der Waals surface area contributed by atoms with E-state index >= 15 is 0 Å². The Hall–Kier alpha value is -1.63. The molecule has 0 aliphatic rings. The van der Waals surface area contributed by atoms with Gasteiger partial charge in [-0.05, 0) is 17.7 Å². The molecule has 0 aliphatic heterocycles. The fraction of sp³-hybridized carbons (Fsp3) is 0.471. The van der Waals surface area contributed by atoms with E-state index in [9.17, 15) is 5.11 Å². The Morgan fingerprint density at radius 2 is 1.83 bits per heavy atom. The zero-order chi connectivity index (χ0) is 16.8. The molecular formula is C17H24N2O3S. The summed E-state index contributed by atoms with van der Waals surface area (Å²) in [5, 5.41) is 16.8. The largest absolute Gasteiger partial charge is 0.497 e. The monoisotopic (exact) mass is 336 g/mol. The summed E-state index contributed by atoms with van der Waals surface area (Å²) < 4.78 is 10.5. The summed E-state index contributed by atoms with van der Waals surface area (Å²) in [6.07, 6.45) is -0.637. The number of aromatic nitrogens is 1. The number of rotatable bonds is 8. The molecular weight excluding hydrogens is 312 g/mol. The highest BCUT2D eigenvalue weighted by Crippen LogP contribution is 2.26. The van der Waals surface area contributed by atoms with Crippen molar-refractivity contribution in [1.29, 1.82) is 0 Å². The van der Waals surface area contributed by atoms with Gasteiger partial charge in [0.05, 0.1) is 31.0 Å². The van der Waals surface area contributed by atoms with E-state index in [-0.39, 0.29) is 0 Å². The van der Waals surface area contributed by atoms with Gasteiger partial charge in [-0.2, -0.15) is 0 Å². The molecule has 1 aromatic carbocycles. The van der Waals surface area contributed by atoms with Crippen LogP contribution in [0.3, 0.4) is 0 Å². The summed E-state index contributed by atoms with van der Waals surface area (Å²) in [6, 6.07) is 5.41. The van der Waals surface area contributed by atoms with Crippen LogP contribution in [0.2, 0.25) is 0 Å². The lowest BCUT2D eigenvalue weighted by Crippen LogP contribution is -2.21. The second-order valence-electron chi connectivity index (χ2n) is 5.62. The van der Waals surface area contributed by atoms with Gasteiger partial charge < -0.3 is 19.9 Å². The maximum atomic E-state index is 10.3. The first kappa shape index (κ1) is 17.7. The van der Waals surface area contributed by atoms with Gasteiger partial charge in [-0.25, -0.2) is 4.98 Å². The molecule has 5 nitrogen and oxygen atoms in total. The first-order valence-corrected chi connectivity index (χ1v) is 8.47. The predicted molar refractivity (Wildman–Crippen MR) is 92.4 cm³/mol. The van der Waals surface area contributed by atoms with Gasteiger partial charge in [0.1, 0.15) is 11.5 Å². The Balaban J connectivity index is 1.92. The van der Waals surface area contributed by atoms with E-state index in [1.807, 2.05) is 12.1 Å². The predicted octanol–water partition coefficient (Wildman–Crippen LogP) is 3.11. The van der Waals surface area contributed by atoms with E-state index < -0.39 is 6.10 Å². The van der Waals surface area contributed by atoms with Crippen molar-refractivity contribution in [3.63, 3.8) is 0 Å². The van der Waals surface area contributed by atoms with Crippen LogP contribution < -0.4 is 14.8 Å². The first-order chi connectivity index (χ1) is 11.0. The lowest BCUT2D eigenvalue weighted by molar-refractivity contribution is 0.173. The van der Waals surface area contributed by atoms with Crippen molar-refractivity contribution >= 4 is 11.3 Å². The van der Waals surface area contributed by atoms with Gasteiger partial charge in [0, 0.05) is 30.5 Å². The number of aliphatic hydroxyl groups excluding tert-OH is 1. The molecule has 1 atom stereocenters. The molecule has 0 spiro atoms. The molecule has 23 heavy (non-hydrogen) atoms. The number of thiazole rings is 1. The molecule has 1 unspecified atom stereocenters. The summed E-state index contributed by atoms with van der Waals surface area (Å²) >= 11 is 1.68. The number of aliphatic hydroxyl groups is 1. The van der Waals surface area contributed by atoms with Crippen LogP contribution >= 0.6 is 11.3 Å². The number of ether oxygens (including phenoxy) is 2. The summed E-state index contributed by atoms with van der Waals surface area (Å²) in [5.41, 5.74) is 1.77. The third-order valence-corrected chi connectivity index (χ3v) is 4.66. The minimum Gasteiger partial charge on any atom is -0.497 e. The van der Waals surface area contributed by atoms with E-state index in [1.165, 1.54) is 0 Å². The van der Waals surface area contributed by atoms with Crippen molar-refractivity contribution in [1.82, 2.24) is 10.3 Å². The third kappa shape index (κ3) is 4.92. The van der Waals surface area contributed by atoms with E-state index in [1.54, 1.807) is 31.6 Å². The number of methoxy groups -OCH3 is 2. The van der Waals surface area contributed by atoms with Gasteiger partial charge in [-0.15, -0.1) is 11.3 Å². The van der Waals surface area contributed by atoms with Crippen LogP contribution in [0.1, 0.15) is 42.1 Å². The van der Waals surface area contributed by atoms with Gasteiger partial charge in [0.2, 0.25) is 0 Å². The molecule has 0 aliphatic carbocycles. The highest BCUT2D eigenvalue weighted by atomic mass is 32.1. The molecule has 2 aromatic rings. The number of hydrogen-bond donors (Lipinski definition) is 2. The number of nitrogens with one attached hydrogen (secondary N) is 1. The third-order valence-electron chi connectivity index (χ3n) is 3.47. The second kappa shape index (κ2) is 8.29. The summed E-state index contributed by atoms with van der Waals surface area (Å²) in [7, 11) is 3.19. The summed E-state index contributed by atoms with van der Waals surface area (Å²) in [4.78, 5) is 4.57. The molecule has 0 bridgehead atoms. The van der Waals surface area contributed by atoms with Gasteiger partial charge in [-0.1, -0.05) is 13.8 Å². The Morgan fingerprint density at radius 3 is 2.35 bits per heavy atom. The van der Waals surface area contributed by atoms with E-state index in [0.717, 1.165) is 16.3 Å². The lowest BCUT2D eigenvalue weighted by Gasteiger charge is -2.14. The van der Waals surface area contributed by atoms with E-state index in [4.69, 9.17) is 9.47 Å². The van der Waals surface area contributed by atoms with E-state index in [2.05, 4.69) is 29.5 Å². The smallest absolute Gasteiger partial charge is 0.122 e. The van der Waals surface area contributed by atoms with E-state index in [0.29, 0.717) is 30.5 Å². The van der Waals surface area contributed by atoms with Crippen LogP contribution in [-0.2, 0) is 6.54 Å². The van der Waals surface area contributed by atoms with Crippen LogP contribution in [-0.4, -0.2) is 30.9 Å². The number of hydrogen-bond acceptors (Lipinski definition) is 6. The number of nitrogens with zero attached hydrogens (tertiary/aromatic N) is 1. The normalized spacial score (nSPS) is 12.4. The van der Waals surface area contributed by atoms with Crippen molar-refractivity contribution < 1.29 is 14.6 Å². The average molecular weight is 336 g/mol. The Kier molecular flexibility index (Phi) is 6.38. The molecule has 2 N–H and O–H groups in total. The Bertz CT molecular complexity index is 606.